The van der Waals surface area contributed by atoms with E-state index in [0.717, 1.165) is 11.3 Å². The number of rotatable bonds is 7. The van der Waals surface area contributed by atoms with Crippen LogP contribution in [0.15, 0.2) is 57.5 Å². The van der Waals surface area contributed by atoms with Crippen LogP contribution in [0, 0.1) is 3.57 Å². The van der Waals surface area contributed by atoms with Gasteiger partial charge in [-0.25, -0.2) is 9.79 Å². The zero-order valence-electron chi connectivity index (χ0n) is 21.2. The van der Waals surface area contributed by atoms with Crippen LogP contribution in [0.4, 0.5) is 5.69 Å². The number of thiazole rings is 1. The van der Waals surface area contributed by atoms with Crippen LogP contribution in [0.1, 0.15) is 37.9 Å². The number of halogens is 1. The van der Waals surface area contributed by atoms with Crippen molar-refractivity contribution in [3.05, 3.63) is 82.1 Å². The normalized spacial score (nSPS) is 15.3. The highest BCUT2D eigenvalue weighted by Gasteiger charge is 2.33. The molecule has 0 saturated carbocycles. The Labute approximate surface area is 232 Å². The van der Waals surface area contributed by atoms with E-state index in [4.69, 9.17) is 9.47 Å². The molecule has 1 aliphatic rings. The minimum Gasteiger partial charge on any atom is -0.504 e. The fourth-order valence-electron chi connectivity index (χ4n) is 4.16. The van der Waals surface area contributed by atoms with E-state index in [0.29, 0.717) is 42.1 Å². The summed E-state index contributed by atoms with van der Waals surface area (Å²) >= 11 is 3.28. The number of phenols is 1. The molecule has 1 atom stereocenters. The van der Waals surface area contributed by atoms with Crippen LogP contribution in [0.2, 0.25) is 0 Å². The first kappa shape index (κ1) is 26.9. The average molecular weight is 634 g/mol. The maximum atomic E-state index is 13.8. The summed E-state index contributed by atoms with van der Waals surface area (Å²) in [6.45, 7) is 5.97. The second-order valence-corrected chi connectivity index (χ2v) is 10.7. The lowest BCUT2D eigenvalue weighted by molar-refractivity contribution is -0.139. The fourth-order valence-corrected chi connectivity index (χ4v) is 5.83. The first-order chi connectivity index (χ1) is 17.7. The predicted molar refractivity (Wildman–Crippen MR) is 153 cm³/mol. The number of ether oxygens (including phenoxy) is 2. The Morgan fingerprint density at radius 2 is 1.92 bits per heavy atom. The topological polar surface area (TPSA) is 93.4 Å². The molecule has 4 rings (SSSR count). The number of esters is 1. The third-order valence-electron chi connectivity index (χ3n) is 5.89. The molecule has 0 bridgehead atoms. The lowest BCUT2D eigenvalue weighted by Gasteiger charge is -2.25. The van der Waals surface area contributed by atoms with Crippen LogP contribution in [-0.4, -0.2) is 43.0 Å². The first-order valence-corrected chi connectivity index (χ1v) is 13.7. The van der Waals surface area contributed by atoms with Gasteiger partial charge in [0.1, 0.15) is 0 Å². The van der Waals surface area contributed by atoms with Crippen molar-refractivity contribution in [3.8, 4) is 11.5 Å². The number of phenolic OH excluding ortho intramolecular Hbond substituents is 1. The molecule has 0 amide bonds. The highest BCUT2D eigenvalue weighted by molar-refractivity contribution is 14.1. The number of carbonyl (C=O) groups excluding carboxylic acids is 1. The van der Waals surface area contributed by atoms with Crippen molar-refractivity contribution >= 4 is 51.7 Å². The molecule has 194 valence electrons. The molecule has 10 heteroatoms. The van der Waals surface area contributed by atoms with Crippen molar-refractivity contribution in [1.82, 2.24) is 4.57 Å². The Balaban J connectivity index is 1.92. The number of anilines is 1. The molecule has 0 unspecified atom stereocenters. The van der Waals surface area contributed by atoms with Gasteiger partial charge in [-0.15, -0.1) is 0 Å². The molecule has 2 heterocycles. The smallest absolute Gasteiger partial charge is 0.338 e. The van der Waals surface area contributed by atoms with Crippen molar-refractivity contribution in [3.63, 3.8) is 0 Å². The molecule has 1 aromatic heterocycles. The quantitative estimate of drug-likeness (QED) is 0.316. The van der Waals surface area contributed by atoms with Gasteiger partial charge in [0.05, 0.1) is 38.6 Å². The summed E-state index contributed by atoms with van der Waals surface area (Å²) in [5, 5.41) is 10.3. The Kier molecular flexibility index (Phi) is 8.08. The molecular formula is C27H28IN3O5S. The summed E-state index contributed by atoms with van der Waals surface area (Å²) in [6.07, 6.45) is 1.75. The van der Waals surface area contributed by atoms with Gasteiger partial charge in [-0.2, -0.15) is 0 Å². The third kappa shape index (κ3) is 5.30. The van der Waals surface area contributed by atoms with Gasteiger partial charge in [-0.3, -0.25) is 9.36 Å². The van der Waals surface area contributed by atoms with E-state index in [1.54, 1.807) is 36.6 Å². The monoisotopic (exact) mass is 633 g/mol. The number of hydrogen-bond donors (Lipinski definition) is 1. The van der Waals surface area contributed by atoms with Crippen LogP contribution < -0.4 is 24.5 Å². The largest absolute Gasteiger partial charge is 0.504 e. The van der Waals surface area contributed by atoms with Gasteiger partial charge >= 0.3 is 5.97 Å². The van der Waals surface area contributed by atoms with Gasteiger partial charge in [0.25, 0.3) is 5.56 Å². The molecule has 0 radical (unpaired) electrons. The Bertz CT molecular complexity index is 1550. The van der Waals surface area contributed by atoms with Gasteiger partial charge in [-0.05, 0) is 84.8 Å². The third-order valence-corrected chi connectivity index (χ3v) is 7.70. The molecule has 0 saturated heterocycles. The second-order valence-electron chi connectivity index (χ2n) is 8.57. The fraction of sp³-hybridized carbons (Fsp3) is 0.296. The number of hydrogen-bond acceptors (Lipinski definition) is 8. The molecular weight excluding hydrogens is 605 g/mol. The lowest BCUT2D eigenvalue weighted by Crippen LogP contribution is -2.39. The van der Waals surface area contributed by atoms with Gasteiger partial charge in [0.15, 0.2) is 16.3 Å². The summed E-state index contributed by atoms with van der Waals surface area (Å²) in [5.41, 5.74) is 3.10. The highest BCUT2D eigenvalue weighted by atomic mass is 127. The highest BCUT2D eigenvalue weighted by Crippen LogP contribution is 2.34. The number of benzene rings is 2. The Morgan fingerprint density at radius 3 is 2.54 bits per heavy atom. The minimum atomic E-state index is -0.674. The van der Waals surface area contributed by atoms with Crippen LogP contribution >= 0.6 is 33.9 Å². The Hall–Kier alpha value is -3.12. The molecule has 0 spiro atoms. The number of nitrogens with zero attached hydrogens (tertiary/aromatic N) is 3. The standard InChI is InChI=1S/C27H28IN3O5S/c1-6-35-20-13-16(12-19(28)24(20)32)14-21-25(33)31-23(17-8-10-18(11-9-17)30(4)5)22(26(34)36-7-2)15(3)29-27(31)37-21/h8-14,23,32H,6-7H2,1-5H3/b21-14+/t23-/m0/s1. The summed E-state index contributed by atoms with van der Waals surface area (Å²) in [7, 11) is 3.90. The molecule has 1 aliphatic heterocycles. The summed E-state index contributed by atoms with van der Waals surface area (Å²) in [6, 6.07) is 10.6. The van der Waals surface area contributed by atoms with Gasteiger partial charge in [0, 0.05) is 19.8 Å². The predicted octanol–water partition coefficient (Wildman–Crippen LogP) is 3.57. The van der Waals surface area contributed by atoms with E-state index >= 15 is 0 Å². The molecule has 37 heavy (non-hydrogen) atoms. The van der Waals surface area contributed by atoms with Crippen LogP contribution in [0.3, 0.4) is 0 Å². The molecule has 0 fully saturated rings. The van der Waals surface area contributed by atoms with E-state index < -0.39 is 12.0 Å². The van der Waals surface area contributed by atoms with Crippen molar-refractivity contribution in [1.29, 1.82) is 0 Å². The number of carbonyl (C=O) groups is 1. The maximum Gasteiger partial charge on any atom is 0.338 e. The van der Waals surface area contributed by atoms with Crippen LogP contribution in [0.25, 0.3) is 6.08 Å². The molecule has 0 aliphatic carbocycles. The van der Waals surface area contributed by atoms with Crippen molar-refractivity contribution in [2.45, 2.75) is 26.8 Å². The number of aromatic nitrogens is 1. The van der Waals surface area contributed by atoms with E-state index in [9.17, 15) is 14.7 Å². The van der Waals surface area contributed by atoms with Crippen molar-refractivity contribution in [2.24, 2.45) is 4.99 Å². The maximum absolute atomic E-state index is 13.8. The zero-order chi connectivity index (χ0) is 26.9. The Morgan fingerprint density at radius 1 is 1.22 bits per heavy atom. The number of aromatic hydroxyl groups is 1. The van der Waals surface area contributed by atoms with Gasteiger partial charge in [-0.1, -0.05) is 23.5 Å². The van der Waals surface area contributed by atoms with Crippen LogP contribution in [-0.2, 0) is 9.53 Å². The summed E-state index contributed by atoms with van der Waals surface area (Å²) < 4.78 is 13.5. The van der Waals surface area contributed by atoms with Crippen LogP contribution in [0.5, 0.6) is 11.5 Å². The second kappa shape index (κ2) is 11.1. The van der Waals surface area contributed by atoms with Gasteiger partial charge < -0.3 is 19.5 Å². The van der Waals surface area contributed by atoms with Crippen molar-refractivity contribution in [2.75, 3.05) is 32.2 Å². The lowest BCUT2D eigenvalue weighted by atomic mass is 9.95. The van der Waals surface area contributed by atoms with E-state index in [-0.39, 0.29) is 17.9 Å². The van der Waals surface area contributed by atoms with Crippen molar-refractivity contribution < 1.29 is 19.4 Å². The average Bonchev–Trinajstić information content (AvgIpc) is 3.15. The first-order valence-electron chi connectivity index (χ1n) is 11.8. The molecule has 1 N–H and O–H groups in total. The summed E-state index contributed by atoms with van der Waals surface area (Å²) in [5.74, 6) is -0.0705. The summed E-state index contributed by atoms with van der Waals surface area (Å²) in [4.78, 5) is 33.9. The minimum absolute atomic E-state index is 0.0666. The molecule has 8 nitrogen and oxygen atoms in total. The molecule has 3 aromatic rings. The van der Waals surface area contributed by atoms with E-state index in [1.165, 1.54) is 11.3 Å². The van der Waals surface area contributed by atoms with Gasteiger partial charge in [0.2, 0.25) is 0 Å². The number of allylic oxidation sites excluding steroid dienone is 1. The molecule has 2 aromatic carbocycles. The van der Waals surface area contributed by atoms with E-state index in [2.05, 4.69) is 4.99 Å². The number of fused-ring (bicyclic) bond motifs is 1. The van der Waals surface area contributed by atoms with E-state index in [1.807, 2.05) is 72.8 Å². The zero-order valence-corrected chi connectivity index (χ0v) is 24.2. The SMILES string of the molecule is CCOC(=O)C1=C(C)N=c2s/c(=C/c3cc(I)c(O)c(OCC)c3)c(=O)n2[C@H]1c1ccc(N(C)C)cc1.